The summed E-state index contributed by atoms with van der Waals surface area (Å²) in [5, 5.41) is 0.439. The van der Waals surface area contributed by atoms with Gasteiger partial charge in [0.2, 0.25) is 12.5 Å². The number of hydrogen-bond acceptors (Lipinski definition) is 7. The zero-order valence-electron chi connectivity index (χ0n) is 25.1. The quantitative estimate of drug-likeness (QED) is 0.286. The maximum Gasteiger partial charge on any atom is 0.319 e. The number of amides is 1. The molecule has 3 aliphatic heterocycles. The largest absolute Gasteiger partial charge is 0.461 e. The third-order valence-electron chi connectivity index (χ3n) is 10.7. The fourth-order valence-corrected chi connectivity index (χ4v) is 8.40. The van der Waals surface area contributed by atoms with Gasteiger partial charge in [0.25, 0.3) is 0 Å². The molecule has 45 heavy (non-hydrogen) atoms. The van der Waals surface area contributed by atoms with Gasteiger partial charge < -0.3 is 19.4 Å². The first-order valence-corrected chi connectivity index (χ1v) is 15.9. The summed E-state index contributed by atoms with van der Waals surface area (Å²) in [5.41, 5.74) is 3.23. The van der Waals surface area contributed by atoms with Gasteiger partial charge in [0.15, 0.2) is 5.82 Å². The molecule has 5 atom stereocenters. The van der Waals surface area contributed by atoms with Gasteiger partial charge in [-0.2, -0.15) is 9.97 Å². The summed E-state index contributed by atoms with van der Waals surface area (Å²) in [5.74, 6) is 0.903. The number of carbonyl (C=O) groups is 1. The highest BCUT2D eigenvalue weighted by molar-refractivity contribution is 5.93. The molecule has 2 aliphatic carbocycles. The highest BCUT2D eigenvalue weighted by Gasteiger charge is 2.49. The number of halogens is 2. The Kier molecular flexibility index (Phi) is 6.75. The van der Waals surface area contributed by atoms with Crippen molar-refractivity contribution in [3.63, 3.8) is 0 Å². The zero-order valence-corrected chi connectivity index (χ0v) is 25.1. The first-order valence-electron chi connectivity index (χ1n) is 15.9. The lowest BCUT2D eigenvalue weighted by Crippen LogP contribution is -2.56. The number of pyridine rings is 1. The lowest BCUT2D eigenvalue weighted by atomic mass is 9.95. The average molecular weight is 612 g/mol. The van der Waals surface area contributed by atoms with Crippen LogP contribution in [-0.4, -0.2) is 94.3 Å². The van der Waals surface area contributed by atoms with E-state index in [2.05, 4.69) is 32.4 Å². The van der Waals surface area contributed by atoms with E-state index in [-0.39, 0.29) is 36.3 Å². The number of aromatic nitrogens is 3. The molecule has 4 fully saturated rings. The highest BCUT2D eigenvalue weighted by Crippen LogP contribution is 2.57. The van der Waals surface area contributed by atoms with Crippen LogP contribution in [0.3, 0.4) is 0 Å². The molecule has 0 spiro atoms. The van der Waals surface area contributed by atoms with E-state index in [1.807, 2.05) is 17.0 Å². The van der Waals surface area contributed by atoms with Gasteiger partial charge in [0, 0.05) is 44.4 Å². The van der Waals surface area contributed by atoms with Crippen molar-refractivity contribution < 1.29 is 18.3 Å². The van der Waals surface area contributed by atoms with E-state index >= 15 is 4.39 Å². The maximum atomic E-state index is 16.7. The minimum Gasteiger partial charge on any atom is -0.461 e. The normalized spacial score (nSPS) is 28.5. The van der Waals surface area contributed by atoms with Crippen molar-refractivity contribution in [2.45, 2.75) is 55.8 Å². The molecule has 232 valence electrons. The van der Waals surface area contributed by atoms with E-state index in [9.17, 15) is 9.18 Å². The third-order valence-corrected chi connectivity index (χ3v) is 10.7. The summed E-state index contributed by atoms with van der Waals surface area (Å²) in [6, 6.07) is 5.70. The van der Waals surface area contributed by atoms with E-state index in [1.165, 1.54) is 23.6 Å². The second kappa shape index (κ2) is 10.7. The first-order chi connectivity index (χ1) is 21.9. The number of carbonyl (C=O) groups excluding carboxylic acids is 1. The van der Waals surface area contributed by atoms with Gasteiger partial charge in [-0.1, -0.05) is 24.8 Å². The molecular weight excluding hydrogens is 576 g/mol. The summed E-state index contributed by atoms with van der Waals surface area (Å²) < 4.78 is 37.4. The number of benzene rings is 1. The Balaban J connectivity index is 1.20. The van der Waals surface area contributed by atoms with Crippen LogP contribution in [0.4, 0.5) is 14.6 Å². The van der Waals surface area contributed by atoms with E-state index in [4.69, 9.17) is 16.3 Å². The Labute approximate surface area is 260 Å². The Morgan fingerprint density at radius 3 is 2.98 bits per heavy atom. The minimum absolute atomic E-state index is 0.0305. The van der Waals surface area contributed by atoms with Crippen LogP contribution < -0.4 is 9.64 Å². The van der Waals surface area contributed by atoms with Crippen LogP contribution in [0.2, 0.25) is 0 Å². The number of piperazine rings is 1. The van der Waals surface area contributed by atoms with E-state index < -0.39 is 23.6 Å². The number of alkyl halides is 1. The van der Waals surface area contributed by atoms with Crippen LogP contribution in [0.25, 0.3) is 27.0 Å². The number of ether oxygens (including phenoxy) is 1. The van der Waals surface area contributed by atoms with Crippen molar-refractivity contribution in [1.29, 1.82) is 0 Å². The van der Waals surface area contributed by atoms with Crippen molar-refractivity contribution in [2.24, 2.45) is 5.92 Å². The second-order valence-electron chi connectivity index (χ2n) is 13.2. The summed E-state index contributed by atoms with van der Waals surface area (Å²) in [7, 11) is 0. The average Bonchev–Trinajstić information content (AvgIpc) is 3.39. The van der Waals surface area contributed by atoms with Crippen LogP contribution in [0, 0.1) is 18.3 Å². The summed E-state index contributed by atoms with van der Waals surface area (Å²) in [4.78, 5) is 36.0. The molecule has 0 bridgehead atoms. The Morgan fingerprint density at radius 2 is 2.13 bits per heavy atom. The second-order valence-corrected chi connectivity index (χ2v) is 13.2. The third kappa shape index (κ3) is 4.64. The van der Waals surface area contributed by atoms with Crippen molar-refractivity contribution in [3.05, 3.63) is 65.4 Å². The number of hydrogen-bond donors (Lipinski definition) is 0. The predicted octanol–water partition coefficient (Wildman–Crippen LogP) is 4.57. The van der Waals surface area contributed by atoms with Gasteiger partial charge in [-0.25, -0.2) is 15.4 Å². The Bertz CT molecular complexity index is 1760. The molecule has 3 saturated heterocycles. The standard InChI is InChI=1S/C34H35F2N7O2/c1-3-28(44)43-11-10-41(18-22(43)15-37-2)32-27-16-38-30(24-7-4-6-23-25-12-20(25)13-26(23)24)29(36)31(27)39-33(40-32)45-19-34-8-5-9-42(34)17-21(35)14-34/h3-4,6-7,16,20-22,25H,1,5,8-15,17-19H2/t20-,21+,22-,25-,34-/m0/s1. The monoisotopic (exact) mass is 611 g/mol. The van der Waals surface area contributed by atoms with Gasteiger partial charge in [-0.15, -0.1) is 0 Å². The zero-order chi connectivity index (χ0) is 30.9. The molecule has 1 amide bonds. The van der Waals surface area contributed by atoms with Crippen molar-refractivity contribution >= 4 is 22.6 Å². The van der Waals surface area contributed by atoms with Crippen LogP contribution >= 0.6 is 0 Å². The van der Waals surface area contributed by atoms with Gasteiger partial charge in [0.1, 0.15) is 35.8 Å². The maximum absolute atomic E-state index is 16.7. The van der Waals surface area contributed by atoms with Crippen molar-refractivity contribution in [3.8, 4) is 17.3 Å². The molecule has 0 N–H and O–H groups in total. The van der Waals surface area contributed by atoms with Crippen molar-refractivity contribution in [2.75, 3.05) is 50.8 Å². The summed E-state index contributed by atoms with van der Waals surface area (Å²) in [6.45, 7) is 13.8. The molecule has 8 rings (SSSR count). The first kappa shape index (κ1) is 28.3. The topological polar surface area (TPSA) is 79.1 Å². The van der Waals surface area contributed by atoms with Gasteiger partial charge in [-0.3, -0.25) is 14.7 Å². The summed E-state index contributed by atoms with van der Waals surface area (Å²) in [6.07, 6.45) is 6.33. The SMILES string of the molecule is [C-]#[N+]C[C@H]1CN(c2nc(OC[C@@]34CCCN3C[C@H](F)C4)nc3c(F)c(-c4cccc5c4C[C@@H]4C[C@H]54)ncc23)CCN1C(=O)C=C. The number of fused-ring (bicyclic) bond motifs is 5. The molecule has 5 aliphatic rings. The molecule has 0 radical (unpaired) electrons. The molecule has 1 aromatic carbocycles. The summed E-state index contributed by atoms with van der Waals surface area (Å²) >= 11 is 0. The predicted molar refractivity (Wildman–Crippen MR) is 165 cm³/mol. The van der Waals surface area contributed by atoms with Crippen LogP contribution in [0.5, 0.6) is 6.01 Å². The molecule has 9 nitrogen and oxygen atoms in total. The smallest absolute Gasteiger partial charge is 0.319 e. The van der Waals surface area contributed by atoms with E-state index in [0.717, 1.165) is 31.4 Å². The van der Waals surface area contributed by atoms with E-state index in [1.54, 1.807) is 11.1 Å². The van der Waals surface area contributed by atoms with Crippen molar-refractivity contribution in [1.82, 2.24) is 24.8 Å². The molecule has 2 aromatic heterocycles. The molecule has 11 heteroatoms. The molecule has 3 aromatic rings. The van der Waals surface area contributed by atoms with Crippen LogP contribution in [-0.2, 0) is 11.2 Å². The minimum atomic E-state index is -0.902. The van der Waals surface area contributed by atoms with Gasteiger partial charge in [0.05, 0.1) is 10.9 Å². The molecule has 0 unspecified atom stereocenters. The lowest BCUT2D eigenvalue weighted by molar-refractivity contribution is -0.128. The number of anilines is 1. The molecule has 5 heterocycles. The van der Waals surface area contributed by atoms with Gasteiger partial charge >= 0.3 is 6.01 Å². The number of nitrogens with zero attached hydrogens (tertiary/aromatic N) is 7. The van der Waals surface area contributed by atoms with E-state index in [0.29, 0.717) is 55.6 Å². The Morgan fingerprint density at radius 1 is 1.24 bits per heavy atom. The molecular formula is C34H35F2N7O2. The van der Waals surface area contributed by atoms with Crippen LogP contribution in [0.1, 0.15) is 42.7 Å². The molecule has 1 saturated carbocycles. The highest BCUT2D eigenvalue weighted by atomic mass is 19.1. The lowest BCUT2D eigenvalue weighted by Gasteiger charge is -2.39. The Hall–Kier alpha value is -4.17. The fourth-order valence-electron chi connectivity index (χ4n) is 8.40. The number of rotatable bonds is 7. The fraction of sp³-hybridized carbons (Fsp3) is 0.500. The van der Waals surface area contributed by atoms with Crippen LogP contribution in [0.15, 0.2) is 37.1 Å². The van der Waals surface area contributed by atoms with Gasteiger partial charge in [-0.05, 0) is 61.3 Å².